The fraction of sp³-hybridized carbons (Fsp3) is 0.727. The summed E-state index contributed by atoms with van der Waals surface area (Å²) in [5.74, 6) is 0. The maximum Gasteiger partial charge on any atom is 0.138 e. The largest absolute Gasteiger partial charge is 0.359 e. The number of aromatic nitrogens is 2. The molecule has 1 aliphatic heterocycles. The Labute approximate surface area is 97.9 Å². The lowest BCUT2D eigenvalue weighted by Gasteiger charge is -2.21. The van der Waals surface area contributed by atoms with E-state index < -0.39 is 0 Å². The van der Waals surface area contributed by atoms with E-state index in [0.29, 0.717) is 11.5 Å². The van der Waals surface area contributed by atoms with Gasteiger partial charge in [-0.3, -0.25) is 4.68 Å². The van der Waals surface area contributed by atoms with Crippen LogP contribution in [0.3, 0.4) is 0 Å². The third kappa shape index (κ3) is 1.24. The van der Waals surface area contributed by atoms with E-state index in [0.717, 1.165) is 17.3 Å². The zero-order valence-corrected chi connectivity index (χ0v) is 10.8. The lowest BCUT2D eigenvalue weighted by atomic mass is 9.88. The number of nitrogens with zero attached hydrogens (tertiary/aromatic N) is 2. The Bertz CT molecular complexity index is 407. The molecule has 0 bridgehead atoms. The first kappa shape index (κ1) is 9.85. The maximum absolute atomic E-state index is 5.89. The molecule has 0 N–H and O–H groups in total. The first-order chi connectivity index (χ1) is 6.95. The molecule has 82 valence electrons. The number of aryl methyl sites for hydroxylation is 1. The minimum atomic E-state index is -0.0480. The Morgan fingerprint density at radius 2 is 2.33 bits per heavy atom. The highest BCUT2D eigenvalue weighted by Gasteiger charge is 2.67. The van der Waals surface area contributed by atoms with Gasteiger partial charge in [0.15, 0.2) is 0 Å². The van der Waals surface area contributed by atoms with Gasteiger partial charge in [-0.05, 0) is 34.2 Å². The summed E-state index contributed by atoms with van der Waals surface area (Å²) in [7, 11) is 1.99. The molecule has 1 aromatic heterocycles. The molecule has 2 atom stereocenters. The van der Waals surface area contributed by atoms with Gasteiger partial charge < -0.3 is 4.74 Å². The van der Waals surface area contributed by atoms with Gasteiger partial charge in [-0.2, -0.15) is 5.10 Å². The second-order valence-corrected chi connectivity index (χ2v) is 6.36. The Morgan fingerprint density at radius 3 is 2.80 bits per heavy atom. The van der Waals surface area contributed by atoms with Crippen LogP contribution in [0, 0.1) is 5.41 Å². The molecule has 15 heavy (non-hydrogen) atoms. The zero-order chi connectivity index (χ0) is 10.8. The molecule has 0 aromatic carbocycles. The van der Waals surface area contributed by atoms with Crippen LogP contribution in [0.1, 0.15) is 32.4 Å². The molecule has 1 saturated heterocycles. The van der Waals surface area contributed by atoms with Crippen LogP contribution >= 0.6 is 15.9 Å². The van der Waals surface area contributed by atoms with Crippen molar-refractivity contribution in [1.82, 2.24) is 9.78 Å². The highest BCUT2D eigenvalue weighted by atomic mass is 79.9. The van der Waals surface area contributed by atoms with E-state index >= 15 is 0 Å². The van der Waals surface area contributed by atoms with Crippen molar-refractivity contribution < 1.29 is 4.74 Å². The topological polar surface area (TPSA) is 30.4 Å². The average molecular weight is 271 g/mol. The van der Waals surface area contributed by atoms with Gasteiger partial charge in [-0.25, -0.2) is 0 Å². The third-order valence-electron chi connectivity index (χ3n) is 3.59. The van der Waals surface area contributed by atoms with Crippen LogP contribution in [0.15, 0.2) is 10.7 Å². The lowest BCUT2D eigenvalue weighted by Crippen LogP contribution is -2.18. The lowest BCUT2D eigenvalue weighted by molar-refractivity contribution is 0.159. The number of hydrogen-bond donors (Lipinski definition) is 0. The van der Waals surface area contributed by atoms with Crippen molar-refractivity contribution in [2.75, 3.05) is 0 Å². The molecule has 0 amide bonds. The SMILES string of the molecule is Cn1ncc(Br)c1[C@]12CC(C)(C)C[C@H]1O2. The van der Waals surface area contributed by atoms with Gasteiger partial charge in [0.1, 0.15) is 5.60 Å². The Kier molecular flexibility index (Phi) is 1.75. The number of ether oxygens (including phenoxy) is 1. The minimum absolute atomic E-state index is 0.0480. The maximum atomic E-state index is 5.89. The predicted molar refractivity (Wildman–Crippen MR) is 60.5 cm³/mol. The van der Waals surface area contributed by atoms with Crippen LogP contribution in [-0.4, -0.2) is 15.9 Å². The monoisotopic (exact) mass is 270 g/mol. The van der Waals surface area contributed by atoms with E-state index in [1.54, 1.807) is 0 Å². The fourth-order valence-electron chi connectivity index (χ4n) is 3.05. The molecule has 4 heteroatoms. The van der Waals surface area contributed by atoms with E-state index in [4.69, 9.17) is 4.74 Å². The molecule has 0 spiro atoms. The Hall–Kier alpha value is -0.350. The first-order valence-electron chi connectivity index (χ1n) is 5.30. The zero-order valence-electron chi connectivity index (χ0n) is 9.25. The summed E-state index contributed by atoms with van der Waals surface area (Å²) in [5.41, 5.74) is 1.55. The number of rotatable bonds is 1. The third-order valence-corrected chi connectivity index (χ3v) is 4.17. The molecule has 0 unspecified atom stereocenters. The second kappa shape index (κ2) is 2.66. The Morgan fingerprint density at radius 1 is 1.60 bits per heavy atom. The van der Waals surface area contributed by atoms with Crippen molar-refractivity contribution in [3.8, 4) is 0 Å². The molecule has 0 radical (unpaired) electrons. The standard InChI is InChI=1S/C11H15BrN2O/c1-10(2)4-8-11(6-10,15-8)9-7(12)5-13-14(9)3/h5,8H,4,6H2,1-3H3/t8-,11+/m1/s1. The highest BCUT2D eigenvalue weighted by molar-refractivity contribution is 9.10. The van der Waals surface area contributed by atoms with Gasteiger partial charge in [0.05, 0.1) is 22.5 Å². The average Bonchev–Trinajstić information content (AvgIpc) is 2.48. The number of epoxide rings is 1. The molecular weight excluding hydrogens is 256 g/mol. The van der Waals surface area contributed by atoms with E-state index in [1.807, 2.05) is 17.9 Å². The summed E-state index contributed by atoms with van der Waals surface area (Å²) in [4.78, 5) is 0. The predicted octanol–water partition coefficient (Wildman–Crippen LogP) is 2.60. The van der Waals surface area contributed by atoms with Gasteiger partial charge in [0, 0.05) is 7.05 Å². The minimum Gasteiger partial charge on any atom is -0.359 e. The van der Waals surface area contributed by atoms with Gasteiger partial charge in [-0.15, -0.1) is 0 Å². The van der Waals surface area contributed by atoms with Crippen LogP contribution in [0.25, 0.3) is 0 Å². The van der Waals surface area contributed by atoms with Crippen molar-refractivity contribution in [2.45, 2.75) is 38.4 Å². The van der Waals surface area contributed by atoms with Gasteiger partial charge in [0.25, 0.3) is 0 Å². The van der Waals surface area contributed by atoms with Crippen molar-refractivity contribution >= 4 is 15.9 Å². The normalized spacial score (nSPS) is 36.7. The molecule has 2 heterocycles. The van der Waals surface area contributed by atoms with Gasteiger partial charge >= 0.3 is 0 Å². The first-order valence-corrected chi connectivity index (χ1v) is 6.10. The van der Waals surface area contributed by atoms with E-state index in [9.17, 15) is 0 Å². The van der Waals surface area contributed by atoms with E-state index in [1.165, 1.54) is 5.69 Å². The van der Waals surface area contributed by atoms with Gasteiger partial charge in [-0.1, -0.05) is 13.8 Å². The molecule has 2 aliphatic rings. The quantitative estimate of drug-likeness (QED) is 0.735. The summed E-state index contributed by atoms with van der Waals surface area (Å²) in [6.45, 7) is 4.63. The van der Waals surface area contributed by atoms with E-state index in [-0.39, 0.29) is 5.60 Å². The van der Waals surface area contributed by atoms with Crippen molar-refractivity contribution in [3.63, 3.8) is 0 Å². The molecule has 1 aliphatic carbocycles. The van der Waals surface area contributed by atoms with E-state index in [2.05, 4.69) is 34.9 Å². The van der Waals surface area contributed by atoms with Crippen molar-refractivity contribution in [3.05, 3.63) is 16.4 Å². The van der Waals surface area contributed by atoms with Gasteiger partial charge in [0.2, 0.25) is 0 Å². The molecular formula is C11H15BrN2O. The van der Waals surface area contributed by atoms with Crippen LogP contribution in [0.5, 0.6) is 0 Å². The Balaban J connectivity index is 2.04. The summed E-state index contributed by atoms with van der Waals surface area (Å²) in [6.07, 6.45) is 4.51. The van der Waals surface area contributed by atoms with Crippen LogP contribution in [-0.2, 0) is 17.4 Å². The summed E-state index contributed by atoms with van der Waals surface area (Å²) in [5, 5.41) is 4.27. The van der Waals surface area contributed by atoms with Crippen LogP contribution in [0.4, 0.5) is 0 Å². The summed E-state index contributed by atoms with van der Waals surface area (Å²) in [6, 6.07) is 0. The van der Waals surface area contributed by atoms with Crippen molar-refractivity contribution in [1.29, 1.82) is 0 Å². The smallest absolute Gasteiger partial charge is 0.138 e. The second-order valence-electron chi connectivity index (χ2n) is 5.51. The van der Waals surface area contributed by atoms with Crippen LogP contribution in [0.2, 0.25) is 0 Å². The fourth-order valence-corrected chi connectivity index (χ4v) is 3.73. The number of halogens is 1. The molecule has 2 fully saturated rings. The molecule has 3 nitrogen and oxygen atoms in total. The molecule has 3 rings (SSSR count). The van der Waals surface area contributed by atoms with Crippen LogP contribution < -0.4 is 0 Å². The summed E-state index contributed by atoms with van der Waals surface area (Å²) < 4.78 is 8.90. The molecule has 1 aromatic rings. The van der Waals surface area contributed by atoms with Crippen molar-refractivity contribution in [2.24, 2.45) is 12.5 Å². The summed E-state index contributed by atoms with van der Waals surface area (Å²) >= 11 is 3.56. The number of fused-ring (bicyclic) bond motifs is 1. The highest BCUT2D eigenvalue weighted by Crippen LogP contribution is 2.64. The molecule has 1 saturated carbocycles. The number of hydrogen-bond acceptors (Lipinski definition) is 2.